The Morgan fingerprint density at radius 2 is 2.00 bits per heavy atom. The van der Waals surface area contributed by atoms with Gasteiger partial charge in [-0.15, -0.1) is 0 Å². The van der Waals surface area contributed by atoms with Gasteiger partial charge < -0.3 is 15.2 Å². The highest BCUT2D eigenvalue weighted by atomic mass is 35.5. The van der Waals surface area contributed by atoms with E-state index in [-0.39, 0.29) is 0 Å². The Bertz CT molecular complexity index is 529. The van der Waals surface area contributed by atoms with E-state index in [2.05, 4.69) is 10.3 Å². The number of methoxy groups -OCH3 is 1. The molecule has 0 fully saturated rings. The average Bonchev–Trinajstić information content (AvgIpc) is 2.49. The average molecular weight is 293 g/mol. The summed E-state index contributed by atoms with van der Waals surface area (Å²) in [6.45, 7) is 1.10. The monoisotopic (exact) mass is 292 g/mol. The topological polar surface area (TPSA) is 54.4 Å². The minimum Gasteiger partial charge on any atom is -0.497 e. The van der Waals surface area contributed by atoms with Crippen molar-refractivity contribution in [2.45, 2.75) is 12.6 Å². The number of benzene rings is 1. The second kappa shape index (κ2) is 7.24. The second-order valence-electron chi connectivity index (χ2n) is 4.41. The van der Waals surface area contributed by atoms with Crippen LogP contribution >= 0.6 is 11.6 Å². The van der Waals surface area contributed by atoms with Gasteiger partial charge in [0.05, 0.1) is 13.2 Å². The number of nitrogens with zero attached hydrogens (tertiary/aromatic N) is 1. The van der Waals surface area contributed by atoms with Crippen molar-refractivity contribution < 1.29 is 9.84 Å². The van der Waals surface area contributed by atoms with Gasteiger partial charge in [0.1, 0.15) is 10.9 Å². The number of aliphatic hydroxyl groups is 1. The van der Waals surface area contributed by atoms with Crippen LogP contribution in [-0.2, 0) is 6.54 Å². The quantitative estimate of drug-likeness (QED) is 0.804. The van der Waals surface area contributed by atoms with E-state index in [1.54, 1.807) is 19.4 Å². The molecule has 4 nitrogen and oxygen atoms in total. The molecule has 1 unspecified atom stereocenters. The lowest BCUT2D eigenvalue weighted by Gasteiger charge is -2.12. The molecule has 2 N–H and O–H groups in total. The van der Waals surface area contributed by atoms with Crippen LogP contribution in [0.15, 0.2) is 42.6 Å². The van der Waals surface area contributed by atoms with Crippen molar-refractivity contribution in [2.75, 3.05) is 13.7 Å². The first kappa shape index (κ1) is 14.8. The predicted octanol–water partition coefficient (Wildman–Crippen LogP) is 2.57. The number of hydrogen-bond acceptors (Lipinski definition) is 4. The van der Waals surface area contributed by atoms with Crippen LogP contribution in [0.4, 0.5) is 0 Å². The van der Waals surface area contributed by atoms with E-state index in [9.17, 15) is 5.11 Å². The number of ether oxygens (including phenoxy) is 1. The first-order valence-corrected chi connectivity index (χ1v) is 6.70. The third-order valence-corrected chi connectivity index (χ3v) is 3.18. The molecular weight excluding hydrogens is 276 g/mol. The highest BCUT2D eigenvalue weighted by molar-refractivity contribution is 6.29. The summed E-state index contributed by atoms with van der Waals surface area (Å²) in [7, 11) is 1.62. The van der Waals surface area contributed by atoms with Crippen molar-refractivity contribution in [1.82, 2.24) is 10.3 Å². The van der Waals surface area contributed by atoms with Gasteiger partial charge in [-0.05, 0) is 29.3 Å². The van der Waals surface area contributed by atoms with E-state index in [1.807, 2.05) is 30.3 Å². The van der Waals surface area contributed by atoms with Crippen molar-refractivity contribution in [3.05, 3.63) is 58.9 Å². The van der Waals surface area contributed by atoms with Gasteiger partial charge in [-0.25, -0.2) is 4.98 Å². The zero-order chi connectivity index (χ0) is 14.4. The number of hydrogen-bond donors (Lipinski definition) is 2. The highest BCUT2D eigenvalue weighted by Crippen LogP contribution is 2.17. The number of pyridine rings is 1. The molecule has 0 saturated carbocycles. The molecule has 106 valence electrons. The maximum absolute atomic E-state index is 10.1. The molecule has 1 aromatic carbocycles. The Kier molecular flexibility index (Phi) is 5.35. The summed E-state index contributed by atoms with van der Waals surface area (Å²) >= 11 is 5.72. The second-order valence-corrected chi connectivity index (χ2v) is 4.80. The van der Waals surface area contributed by atoms with Crippen LogP contribution in [0.2, 0.25) is 5.15 Å². The molecule has 2 rings (SSSR count). The van der Waals surface area contributed by atoms with Crippen LogP contribution in [0.25, 0.3) is 0 Å². The fourth-order valence-electron chi connectivity index (χ4n) is 1.81. The van der Waals surface area contributed by atoms with E-state index in [4.69, 9.17) is 16.3 Å². The number of nitrogens with one attached hydrogen (secondary N) is 1. The Balaban J connectivity index is 1.82. The maximum Gasteiger partial charge on any atom is 0.129 e. The zero-order valence-electron chi connectivity index (χ0n) is 11.2. The van der Waals surface area contributed by atoms with Gasteiger partial charge in [-0.1, -0.05) is 29.8 Å². The Hall–Kier alpha value is -1.62. The fraction of sp³-hybridized carbons (Fsp3) is 0.267. The van der Waals surface area contributed by atoms with E-state index < -0.39 is 6.10 Å². The van der Waals surface area contributed by atoms with Gasteiger partial charge in [-0.3, -0.25) is 0 Å². The van der Waals surface area contributed by atoms with Crippen molar-refractivity contribution in [2.24, 2.45) is 0 Å². The lowest BCUT2D eigenvalue weighted by atomic mass is 10.1. The Morgan fingerprint density at radius 3 is 2.60 bits per heavy atom. The predicted molar refractivity (Wildman–Crippen MR) is 78.9 cm³/mol. The molecule has 0 spiro atoms. The SMILES string of the molecule is COc1ccc(C(O)CNCc2ccc(Cl)nc2)cc1. The summed E-state index contributed by atoms with van der Waals surface area (Å²) in [4.78, 5) is 4.00. The molecule has 0 bridgehead atoms. The summed E-state index contributed by atoms with van der Waals surface area (Å²) in [5.41, 5.74) is 1.88. The molecule has 20 heavy (non-hydrogen) atoms. The first-order valence-electron chi connectivity index (χ1n) is 6.32. The molecule has 5 heteroatoms. The number of aromatic nitrogens is 1. The largest absolute Gasteiger partial charge is 0.497 e. The standard InChI is InChI=1S/C15H17ClN2O2/c1-20-13-5-3-12(4-6-13)14(19)10-17-8-11-2-7-15(16)18-9-11/h2-7,9,14,17,19H,8,10H2,1H3. The highest BCUT2D eigenvalue weighted by Gasteiger charge is 2.07. The zero-order valence-corrected chi connectivity index (χ0v) is 12.0. The van der Waals surface area contributed by atoms with Crippen LogP contribution < -0.4 is 10.1 Å². The summed E-state index contributed by atoms with van der Waals surface area (Å²) in [6, 6.07) is 11.0. The van der Waals surface area contributed by atoms with E-state index >= 15 is 0 Å². The van der Waals surface area contributed by atoms with Crippen LogP contribution in [-0.4, -0.2) is 23.7 Å². The van der Waals surface area contributed by atoms with Crippen molar-refractivity contribution in [3.8, 4) is 5.75 Å². The lowest BCUT2D eigenvalue weighted by molar-refractivity contribution is 0.174. The van der Waals surface area contributed by atoms with Crippen LogP contribution in [0, 0.1) is 0 Å². The molecule has 0 aliphatic carbocycles. The smallest absolute Gasteiger partial charge is 0.129 e. The molecule has 1 aromatic heterocycles. The first-order chi connectivity index (χ1) is 9.69. The Labute approximate surface area is 123 Å². The molecule has 1 atom stereocenters. The molecular formula is C15H17ClN2O2. The van der Waals surface area contributed by atoms with Gasteiger partial charge in [0, 0.05) is 19.3 Å². The molecule has 2 aromatic rings. The van der Waals surface area contributed by atoms with Gasteiger partial charge >= 0.3 is 0 Å². The summed E-state index contributed by atoms with van der Waals surface area (Å²) in [5.74, 6) is 0.779. The Morgan fingerprint density at radius 1 is 1.25 bits per heavy atom. The minimum atomic E-state index is -0.554. The molecule has 0 saturated heterocycles. The molecule has 0 aliphatic heterocycles. The van der Waals surface area contributed by atoms with Crippen LogP contribution in [0.3, 0.4) is 0 Å². The molecule has 0 radical (unpaired) electrons. The molecule has 0 amide bonds. The van der Waals surface area contributed by atoms with Gasteiger partial charge in [0.2, 0.25) is 0 Å². The fourth-order valence-corrected chi connectivity index (χ4v) is 1.92. The number of rotatable bonds is 6. The van der Waals surface area contributed by atoms with Gasteiger partial charge in [0.15, 0.2) is 0 Å². The van der Waals surface area contributed by atoms with Gasteiger partial charge in [0.25, 0.3) is 0 Å². The van der Waals surface area contributed by atoms with Crippen molar-refractivity contribution in [3.63, 3.8) is 0 Å². The third-order valence-electron chi connectivity index (χ3n) is 2.96. The molecule has 0 aliphatic rings. The van der Waals surface area contributed by atoms with Crippen molar-refractivity contribution in [1.29, 1.82) is 0 Å². The van der Waals surface area contributed by atoms with Crippen LogP contribution in [0.1, 0.15) is 17.2 Å². The lowest BCUT2D eigenvalue weighted by Crippen LogP contribution is -2.21. The van der Waals surface area contributed by atoms with E-state index in [0.29, 0.717) is 18.2 Å². The van der Waals surface area contributed by atoms with Crippen LogP contribution in [0.5, 0.6) is 5.75 Å². The van der Waals surface area contributed by atoms with Crippen molar-refractivity contribution >= 4 is 11.6 Å². The normalized spacial score (nSPS) is 12.2. The minimum absolute atomic E-state index is 0.467. The van der Waals surface area contributed by atoms with E-state index in [0.717, 1.165) is 16.9 Å². The maximum atomic E-state index is 10.1. The number of halogens is 1. The van der Waals surface area contributed by atoms with E-state index in [1.165, 1.54) is 0 Å². The van der Waals surface area contributed by atoms with Gasteiger partial charge in [-0.2, -0.15) is 0 Å². The summed E-state index contributed by atoms with van der Waals surface area (Å²) < 4.78 is 5.08. The summed E-state index contributed by atoms with van der Waals surface area (Å²) in [5, 5.41) is 13.7. The molecule has 1 heterocycles. The number of aliphatic hydroxyl groups excluding tert-OH is 1. The third kappa shape index (κ3) is 4.20. The summed E-state index contributed by atoms with van der Waals surface area (Å²) in [6.07, 6.45) is 1.16.